The summed E-state index contributed by atoms with van der Waals surface area (Å²) in [4.78, 5) is 16.5. The zero-order valence-electron chi connectivity index (χ0n) is 13.4. The van der Waals surface area contributed by atoms with E-state index < -0.39 is 0 Å². The van der Waals surface area contributed by atoms with E-state index in [2.05, 4.69) is 39.4 Å². The Bertz CT molecular complexity index is 444. The van der Waals surface area contributed by atoms with Crippen LogP contribution < -0.4 is 5.32 Å². The van der Waals surface area contributed by atoms with Crippen molar-refractivity contribution in [2.45, 2.75) is 25.9 Å². The monoisotopic (exact) mass is 305 g/mol. The van der Waals surface area contributed by atoms with Crippen LogP contribution in [0.1, 0.15) is 18.9 Å². The van der Waals surface area contributed by atoms with Crippen LogP contribution in [0.5, 0.6) is 0 Å². The summed E-state index contributed by atoms with van der Waals surface area (Å²) in [6.07, 6.45) is 0.608. The molecule has 1 heterocycles. The molecular weight excluding hydrogens is 278 g/mol. The summed E-state index contributed by atoms with van der Waals surface area (Å²) in [5.41, 5.74) is 1.34. The van der Waals surface area contributed by atoms with Gasteiger partial charge >= 0.3 is 0 Å². The second kappa shape index (κ2) is 8.88. The quantitative estimate of drug-likeness (QED) is 0.778. The van der Waals surface area contributed by atoms with Gasteiger partial charge in [-0.1, -0.05) is 30.3 Å². The number of carbonyl (C=O) groups is 1. The van der Waals surface area contributed by atoms with Crippen molar-refractivity contribution in [1.82, 2.24) is 15.1 Å². The lowest BCUT2D eigenvalue weighted by atomic mass is 10.2. The normalized spacial score (nSPS) is 18.1. The molecular formula is C17H27N3O2. The van der Waals surface area contributed by atoms with Gasteiger partial charge in [0.05, 0.1) is 6.54 Å². The van der Waals surface area contributed by atoms with Gasteiger partial charge < -0.3 is 10.4 Å². The predicted molar refractivity (Wildman–Crippen MR) is 87.5 cm³/mol. The number of aliphatic hydroxyl groups excluding tert-OH is 1. The van der Waals surface area contributed by atoms with Gasteiger partial charge in [-0.05, 0) is 18.9 Å². The maximum Gasteiger partial charge on any atom is 0.234 e. The number of nitrogens with one attached hydrogen (secondary N) is 1. The molecule has 122 valence electrons. The van der Waals surface area contributed by atoms with Crippen LogP contribution in [0.2, 0.25) is 0 Å². The Morgan fingerprint density at radius 2 is 1.82 bits per heavy atom. The minimum absolute atomic E-state index is 0.0388. The zero-order chi connectivity index (χ0) is 15.8. The summed E-state index contributed by atoms with van der Waals surface area (Å²) in [5.74, 6) is 0.0532. The van der Waals surface area contributed by atoms with Gasteiger partial charge in [-0.15, -0.1) is 0 Å². The lowest BCUT2D eigenvalue weighted by molar-refractivity contribution is -0.123. The smallest absolute Gasteiger partial charge is 0.234 e. The Kier molecular flexibility index (Phi) is 6.83. The van der Waals surface area contributed by atoms with Crippen LogP contribution in [0.15, 0.2) is 30.3 Å². The lowest BCUT2D eigenvalue weighted by Crippen LogP contribution is -2.50. The third kappa shape index (κ3) is 5.75. The first-order valence-electron chi connectivity index (χ1n) is 8.06. The molecule has 5 heteroatoms. The highest BCUT2D eigenvalue weighted by atomic mass is 16.3. The summed E-state index contributed by atoms with van der Waals surface area (Å²) in [6, 6.07) is 10.5. The highest BCUT2D eigenvalue weighted by molar-refractivity contribution is 5.78. The van der Waals surface area contributed by atoms with Crippen LogP contribution in [-0.2, 0) is 11.3 Å². The first-order valence-corrected chi connectivity index (χ1v) is 8.06. The maximum atomic E-state index is 11.9. The van der Waals surface area contributed by atoms with Crippen molar-refractivity contribution in [3.05, 3.63) is 35.9 Å². The summed E-state index contributed by atoms with van der Waals surface area (Å²) >= 11 is 0. The number of rotatable bonds is 7. The molecule has 0 spiro atoms. The van der Waals surface area contributed by atoms with Crippen molar-refractivity contribution in [1.29, 1.82) is 0 Å². The molecule has 5 nitrogen and oxygen atoms in total. The van der Waals surface area contributed by atoms with Gasteiger partial charge in [0.1, 0.15) is 0 Å². The largest absolute Gasteiger partial charge is 0.396 e. The van der Waals surface area contributed by atoms with Crippen LogP contribution in [-0.4, -0.2) is 66.2 Å². The molecule has 0 radical (unpaired) electrons. The Balaban J connectivity index is 1.67. The van der Waals surface area contributed by atoms with Gasteiger partial charge in [0, 0.05) is 45.4 Å². The Morgan fingerprint density at radius 1 is 1.18 bits per heavy atom. The Morgan fingerprint density at radius 3 is 2.45 bits per heavy atom. The van der Waals surface area contributed by atoms with E-state index >= 15 is 0 Å². The van der Waals surface area contributed by atoms with Crippen molar-refractivity contribution in [2.24, 2.45) is 0 Å². The summed E-state index contributed by atoms with van der Waals surface area (Å²) in [7, 11) is 0. The molecule has 1 unspecified atom stereocenters. The van der Waals surface area contributed by atoms with E-state index in [9.17, 15) is 4.79 Å². The number of nitrogens with zero attached hydrogens (tertiary/aromatic N) is 2. The highest BCUT2D eigenvalue weighted by Crippen LogP contribution is 2.08. The molecule has 1 aromatic carbocycles. The standard InChI is InChI=1S/C17H27N3O2/c1-15(7-12-21)18-17(22)14-20-10-8-19(9-11-20)13-16-5-3-2-4-6-16/h2-6,15,21H,7-14H2,1H3,(H,18,22). The van der Waals surface area contributed by atoms with Crippen LogP contribution in [0.3, 0.4) is 0 Å². The van der Waals surface area contributed by atoms with Crippen molar-refractivity contribution >= 4 is 5.91 Å². The van der Waals surface area contributed by atoms with Gasteiger partial charge in [-0.25, -0.2) is 0 Å². The SMILES string of the molecule is CC(CCO)NC(=O)CN1CCN(Cc2ccccc2)CC1. The van der Waals surface area contributed by atoms with Gasteiger partial charge in [-0.2, -0.15) is 0 Å². The molecule has 2 rings (SSSR count). The molecule has 1 aliphatic heterocycles. The summed E-state index contributed by atoms with van der Waals surface area (Å²) in [5, 5.41) is 11.8. The van der Waals surface area contributed by atoms with Crippen molar-refractivity contribution < 1.29 is 9.90 Å². The molecule has 0 aromatic heterocycles. The number of aliphatic hydroxyl groups is 1. The topological polar surface area (TPSA) is 55.8 Å². The lowest BCUT2D eigenvalue weighted by Gasteiger charge is -2.34. The molecule has 1 aliphatic rings. The van der Waals surface area contributed by atoms with Crippen LogP contribution >= 0.6 is 0 Å². The van der Waals surface area contributed by atoms with Gasteiger partial charge in [-0.3, -0.25) is 14.6 Å². The van der Waals surface area contributed by atoms with Gasteiger partial charge in [0.2, 0.25) is 5.91 Å². The molecule has 0 bridgehead atoms. The molecule has 0 aliphatic carbocycles. The second-order valence-electron chi connectivity index (χ2n) is 6.02. The minimum Gasteiger partial charge on any atom is -0.396 e. The summed E-state index contributed by atoms with van der Waals surface area (Å²) < 4.78 is 0. The first-order chi connectivity index (χ1) is 10.7. The van der Waals surface area contributed by atoms with E-state index in [1.165, 1.54) is 5.56 Å². The fourth-order valence-corrected chi connectivity index (χ4v) is 2.74. The van der Waals surface area contributed by atoms with E-state index in [1.807, 2.05) is 13.0 Å². The first kappa shape index (κ1) is 16.9. The molecule has 1 atom stereocenters. The van der Waals surface area contributed by atoms with Crippen molar-refractivity contribution in [3.63, 3.8) is 0 Å². The average Bonchev–Trinajstić information content (AvgIpc) is 2.50. The van der Waals surface area contributed by atoms with Crippen molar-refractivity contribution in [3.8, 4) is 0 Å². The predicted octanol–water partition coefficient (Wildman–Crippen LogP) is 0.691. The fourth-order valence-electron chi connectivity index (χ4n) is 2.74. The fraction of sp³-hybridized carbons (Fsp3) is 0.588. The number of amides is 1. The Hall–Kier alpha value is -1.43. The van der Waals surface area contributed by atoms with Crippen LogP contribution in [0, 0.1) is 0 Å². The van der Waals surface area contributed by atoms with Gasteiger partial charge in [0.15, 0.2) is 0 Å². The number of piperazine rings is 1. The van der Waals surface area contributed by atoms with Gasteiger partial charge in [0.25, 0.3) is 0 Å². The molecule has 22 heavy (non-hydrogen) atoms. The number of hydrogen-bond acceptors (Lipinski definition) is 4. The molecule has 2 N–H and O–H groups in total. The van der Waals surface area contributed by atoms with E-state index in [0.29, 0.717) is 13.0 Å². The molecule has 1 aromatic rings. The maximum absolute atomic E-state index is 11.9. The van der Waals surface area contributed by atoms with E-state index in [0.717, 1.165) is 32.7 Å². The summed E-state index contributed by atoms with van der Waals surface area (Å²) in [6.45, 7) is 7.31. The van der Waals surface area contributed by atoms with Crippen LogP contribution in [0.4, 0.5) is 0 Å². The second-order valence-corrected chi connectivity index (χ2v) is 6.02. The van der Waals surface area contributed by atoms with Crippen molar-refractivity contribution in [2.75, 3.05) is 39.3 Å². The molecule has 1 amide bonds. The zero-order valence-corrected chi connectivity index (χ0v) is 13.4. The van der Waals surface area contributed by atoms with E-state index in [1.54, 1.807) is 0 Å². The van der Waals surface area contributed by atoms with E-state index in [4.69, 9.17) is 5.11 Å². The number of benzene rings is 1. The third-order valence-electron chi connectivity index (χ3n) is 4.05. The molecule has 1 fully saturated rings. The Labute approximate surface area is 132 Å². The van der Waals surface area contributed by atoms with Crippen LogP contribution in [0.25, 0.3) is 0 Å². The number of hydrogen-bond donors (Lipinski definition) is 2. The van der Waals surface area contributed by atoms with E-state index in [-0.39, 0.29) is 18.6 Å². The molecule has 1 saturated heterocycles. The molecule has 0 saturated carbocycles. The highest BCUT2D eigenvalue weighted by Gasteiger charge is 2.19. The minimum atomic E-state index is 0.0388. The third-order valence-corrected chi connectivity index (χ3v) is 4.05. The number of carbonyl (C=O) groups excluding carboxylic acids is 1. The average molecular weight is 305 g/mol.